The second kappa shape index (κ2) is 15.5. The summed E-state index contributed by atoms with van der Waals surface area (Å²) in [6.45, 7) is 4.09. The quantitative estimate of drug-likeness (QED) is 0.239. The van der Waals surface area contributed by atoms with Gasteiger partial charge in [0, 0.05) is 23.5 Å². The van der Waals surface area contributed by atoms with Crippen LogP contribution in [0.3, 0.4) is 0 Å². The average Bonchev–Trinajstić information content (AvgIpc) is 3.41. The first kappa shape index (κ1) is 30.4. The van der Waals surface area contributed by atoms with Crippen molar-refractivity contribution < 1.29 is 27.5 Å². The maximum absolute atomic E-state index is 12.7. The summed E-state index contributed by atoms with van der Waals surface area (Å²) in [6.07, 6.45) is 2.13. The molecule has 0 bridgehead atoms. The minimum atomic E-state index is -2.78. The number of nitrogens with zero attached hydrogens (tertiary/aromatic N) is 2. The smallest absolute Gasteiger partial charge is 0.332 e. The highest BCUT2D eigenvalue weighted by molar-refractivity contribution is 7.61. The first-order valence-corrected chi connectivity index (χ1v) is 14.6. The van der Waals surface area contributed by atoms with E-state index in [9.17, 15) is 22.8 Å². The van der Waals surface area contributed by atoms with Gasteiger partial charge < -0.3 is 15.4 Å². The third-order valence-corrected chi connectivity index (χ3v) is 6.98. The number of hydrogen-bond acceptors (Lipinski definition) is 9. The SMILES string of the molecule is CCCCC(c1ccc(NC(=O)c2csc(NC(=O)NCc3ccccc3)n2)cc1)C(N=S(=O)=O)C(=O)OCC. The minimum absolute atomic E-state index is 0.105. The Kier molecular flexibility index (Phi) is 11.8. The van der Waals surface area contributed by atoms with Gasteiger partial charge in [0.15, 0.2) is 11.2 Å². The zero-order valence-corrected chi connectivity index (χ0v) is 23.8. The highest BCUT2D eigenvalue weighted by Crippen LogP contribution is 2.30. The molecule has 0 saturated carbocycles. The number of amides is 3. The molecular weight excluding hydrogens is 554 g/mol. The summed E-state index contributed by atoms with van der Waals surface area (Å²) in [5, 5.41) is 9.90. The Hall–Kier alpha value is -4.10. The fourth-order valence-electron chi connectivity index (χ4n) is 3.90. The van der Waals surface area contributed by atoms with Crippen LogP contribution < -0.4 is 16.0 Å². The topological polar surface area (TPSA) is 156 Å². The van der Waals surface area contributed by atoms with E-state index >= 15 is 0 Å². The van der Waals surface area contributed by atoms with E-state index in [0.717, 1.165) is 29.7 Å². The molecule has 3 rings (SSSR count). The van der Waals surface area contributed by atoms with Crippen LogP contribution in [0.4, 0.5) is 15.6 Å². The summed E-state index contributed by atoms with van der Waals surface area (Å²) < 4.78 is 31.4. The maximum atomic E-state index is 12.7. The Labute approximate surface area is 238 Å². The standard InChI is InChI=1S/C27H31N5O6S2/c1-3-5-11-21(23(32-40(36)37)25(34)38-4-2)19-12-14-20(15-13-19)29-24(33)22-17-39-27(30-22)31-26(35)28-16-18-9-7-6-8-10-18/h6-10,12-15,17,21,23H,3-5,11,16H2,1-2H3,(H,29,33)(H2,28,30,31,35). The molecule has 11 nitrogen and oxygen atoms in total. The highest BCUT2D eigenvalue weighted by Gasteiger charge is 2.31. The average molecular weight is 586 g/mol. The molecule has 2 unspecified atom stereocenters. The fraction of sp³-hybridized carbons (Fsp3) is 0.333. The van der Waals surface area contributed by atoms with Gasteiger partial charge in [0.1, 0.15) is 5.69 Å². The van der Waals surface area contributed by atoms with Crippen molar-refractivity contribution in [3.8, 4) is 0 Å². The number of carbonyl (C=O) groups excluding carboxylic acids is 3. The van der Waals surface area contributed by atoms with Crippen molar-refractivity contribution in [2.75, 3.05) is 17.2 Å². The number of nitrogens with one attached hydrogen (secondary N) is 3. The van der Waals surface area contributed by atoms with Crippen LogP contribution in [0.1, 0.15) is 60.6 Å². The van der Waals surface area contributed by atoms with Crippen LogP contribution in [0.2, 0.25) is 0 Å². The summed E-state index contributed by atoms with van der Waals surface area (Å²) >= 11 is 1.12. The lowest BCUT2D eigenvalue weighted by atomic mass is 9.87. The van der Waals surface area contributed by atoms with Crippen molar-refractivity contribution in [2.45, 2.75) is 51.6 Å². The van der Waals surface area contributed by atoms with Gasteiger partial charge in [-0.15, -0.1) is 11.3 Å². The Morgan fingerprint density at radius 2 is 1.75 bits per heavy atom. The highest BCUT2D eigenvalue weighted by atomic mass is 32.2. The fourth-order valence-corrected chi connectivity index (χ4v) is 5.00. The maximum Gasteiger partial charge on any atom is 0.332 e. The molecule has 0 aliphatic heterocycles. The van der Waals surface area contributed by atoms with Gasteiger partial charge in [-0.25, -0.2) is 14.6 Å². The third-order valence-electron chi connectivity index (χ3n) is 5.83. The van der Waals surface area contributed by atoms with E-state index < -0.39 is 40.4 Å². The largest absolute Gasteiger partial charge is 0.464 e. The first-order valence-electron chi connectivity index (χ1n) is 12.7. The van der Waals surface area contributed by atoms with Crippen LogP contribution in [0.5, 0.6) is 0 Å². The number of anilines is 2. The van der Waals surface area contributed by atoms with Crippen molar-refractivity contribution in [3.05, 3.63) is 76.8 Å². The van der Waals surface area contributed by atoms with Crippen LogP contribution in [0.15, 0.2) is 64.3 Å². The van der Waals surface area contributed by atoms with Gasteiger partial charge in [0.2, 0.25) is 0 Å². The summed E-state index contributed by atoms with van der Waals surface area (Å²) in [7, 11) is -2.78. The number of carbonyl (C=O) groups is 3. The Morgan fingerprint density at radius 3 is 2.40 bits per heavy atom. The molecule has 3 aromatic rings. The van der Waals surface area contributed by atoms with Crippen LogP contribution in [0.25, 0.3) is 0 Å². The van der Waals surface area contributed by atoms with E-state index in [1.165, 1.54) is 5.38 Å². The first-order chi connectivity index (χ1) is 19.3. The number of aromatic nitrogens is 1. The molecule has 2 aromatic carbocycles. The van der Waals surface area contributed by atoms with Crippen LogP contribution in [-0.2, 0) is 26.6 Å². The molecule has 1 aromatic heterocycles. The Bertz CT molecular complexity index is 1420. The Morgan fingerprint density at radius 1 is 1.02 bits per heavy atom. The molecule has 1 heterocycles. The van der Waals surface area contributed by atoms with Crippen LogP contribution in [0, 0.1) is 0 Å². The van der Waals surface area contributed by atoms with E-state index in [1.807, 2.05) is 37.3 Å². The van der Waals surface area contributed by atoms with E-state index in [4.69, 9.17) is 4.74 Å². The van der Waals surface area contributed by atoms with E-state index in [0.29, 0.717) is 24.2 Å². The molecule has 0 aliphatic carbocycles. The predicted molar refractivity (Wildman–Crippen MR) is 153 cm³/mol. The molecule has 212 valence electrons. The lowest BCUT2D eigenvalue weighted by Gasteiger charge is -2.22. The predicted octanol–water partition coefficient (Wildman–Crippen LogP) is 4.99. The van der Waals surface area contributed by atoms with Crippen molar-refractivity contribution in [1.82, 2.24) is 10.3 Å². The summed E-state index contributed by atoms with van der Waals surface area (Å²) in [4.78, 5) is 41.6. The number of benzene rings is 2. The molecule has 0 radical (unpaired) electrons. The molecule has 2 atom stereocenters. The molecule has 3 amide bonds. The van der Waals surface area contributed by atoms with E-state index in [1.54, 1.807) is 31.2 Å². The molecule has 0 fully saturated rings. The number of unbranched alkanes of at least 4 members (excludes halogenated alkanes) is 1. The van der Waals surface area contributed by atoms with Crippen molar-refractivity contribution >= 4 is 50.6 Å². The lowest BCUT2D eigenvalue weighted by molar-refractivity contribution is -0.145. The number of hydrogen-bond donors (Lipinski definition) is 3. The van der Waals surface area contributed by atoms with E-state index in [2.05, 4.69) is 25.3 Å². The van der Waals surface area contributed by atoms with Crippen molar-refractivity contribution in [3.63, 3.8) is 0 Å². The van der Waals surface area contributed by atoms with Crippen LogP contribution in [-0.4, -0.2) is 44.0 Å². The van der Waals surface area contributed by atoms with Crippen LogP contribution >= 0.6 is 11.3 Å². The summed E-state index contributed by atoms with van der Waals surface area (Å²) in [5.41, 5.74) is 2.25. The van der Waals surface area contributed by atoms with Gasteiger partial charge in [-0.2, -0.15) is 12.8 Å². The number of urea groups is 1. The van der Waals surface area contributed by atoms with Gasteiger partial charge >= 0.3 is 22.5 Å². The molecule has 0 spiro atoms. The molecule has 40 heavy (non-hydrogen) atoms. The van der Waals surface area contributed by atoms with Gasteiger partial charge in [0.05, 0.1) is 6.61 Å². The zero-order chi connectivity index (χ0) is 28.9. The third kappa shape index (κ3) is 9.27. The van der Waals surface area contributed by atoms with E-state index in [-0.39, 0.29) is 17.4 Å². The number of rotatable bonds is 13. The van der Waals surface area contributed by atoms with Gasteiger partial charge in [0.25, 0.3) is 5.91 Å². The number of ether oxygens (including phenoxy) is 1. The lowest BCUT2D eigenvalue weighted by Crippen LogP contribution is -2.29. The van der Waals surface area contributed by atoms with Crippen molar-refractivity contribution in [2.24, 2.45) is 4.36 Å². The molecule has 0 aliphatic rings. The number of esters is 1. The molecule has 3 N–H and O–H groups in total. The minimum Gasteiger partial charge on any atom is -0.464 e. The molecular formula is C27H31N5O6S2. The summed E-state index contributed by atoms with van der Waals surface area (Å²) in [5.74, 6) is -1.68. The normalized spacial score (nSPS) is 12.1. The Balaban J connectivity index is 1.64. The van der Waals surface area contributed by atoms with Gasteiger partial charge in [-0.3, -0.25) is 10.1 Å². The summed E-state index contributed by atoms with van der Waals surface area (Å²) in [6, 6.07) is 14.6. The van der Waals surface area contributed by atoms with Crippen molar-refractivity contribution in [1.29, 1.82) is 0 Å². The number of thiazole rings is 1. The second-order valence-electron chi connectivity index (χ2n) is 8.68. The van der Waals surface area contributed by atoms with Gasteiger partial charge in [-0.05, 0) is 36.6 Å². The van der Waals surface area contributed by atoms with Gasteiger partial charge in [-0.1, -0.05) is 62.2 Å². The molecule has 0 saturated heterocycles. The zero-order valence-electron chi connectivity index (χ0n) is 22.1. The monoisotopic (exact) mass is 585 g/mol. The molecule has 13 heteroatoms. The second-order valence-corrected chi connectivity index (χ2v) is 10.2.